The lowest BCUT2D eigenvalue weighted by Gasteiger charge is -2.13. The minimum absolute atomic E-state index is 0.120. The second-order valence-electron chi connectivity index (χ2n) is 6.48. The largest absolute Gasteiger partial charge is 0.497 e. The summed E-state index contributed by atoms with van der Waals surface area (Å²) in [4.78, 5) is 24.2. The molecule has 0 spiro atoms. The van der Waals surface area contributed by atoms with Crippen molar-refractivity contribution in [1.82, 2.24) is 5.32 Å². The second kappa shape index (κ2) is 9.60. The van der Waals surface area contributed by atoms with Gasteiger partial charge in [0, 0.05) is 17.3 Å². The predicted octanol–water partition coefficient (Wildman–Crippen LogP) is 3.40. The Hall–Kier alpha value is -3.28. The molecule has 0 atom stereocenters. The maximum atomic E-state index is 12.2. The molecule has 0 heterocycles. The molecule has 2 N–H and O–H groups in total. The molecule has 2 aromatic rings. The SMILES string of the molecule is COc1ccc(OC)c(C=CC(=O)NCC(=O)Nc2c(C)cc(C)cc2C)c1. The van der Waals surface area contributed by atoms with Crippen LogP contribution < -0.4 is 20.1 Å². The van der Waals surface area contributed by atoms with Gasteiger partial charge in [-0.25, -0.2) is 0 Å². The Kier molecular flexibility index (Phi) is 7.21. The Morgan fingerprint density at radius 3 is 2.29 bits per heavy atom. The van der Waals surface area contributed by atoms with Crippen molar-refractivity contribution < 1.29 is 19.1 Å². The van der Waals surface area contributed by atoms with Crippen LogP contribution in [0, 0.1) is 20.8 Å². The van der Waals surface area contributed by atoms with Crippen molar-refractivity contribution in [2.24, 2.45) is 0 Å². The van der Waals surface area contributed by atoms with Crippen molar-refractivity contribution in [1.29, 1.82) is 0 Å². The lowest BCUT2D eigenvalue weighted by molar-refractivity contribution is -0.121. The van der Waals surface area contributed by atoms with Gasteiger partial charge in [0.25, 0.3) is 0 Å². The highest BCUT2D eigenvalue weighted by molar-refractivity contribution is 5.98. The topological polar surface area (TPSA) is 76.7 Å². The van der Waals surface area contributed by atoms with Crippen LogP contribution in [0.1, 0.15) is 22.3 Å². The van der Waals surface area contributed by atoms with E-state index in [4.69, 9.17) is 9.47 Å². The molecule has 148 valence electrons. The summed E-state index contributed by atoms with van der Waals surface area (Å²) in [5.41, 5.74) is 4.60. The van der Waals surface area contributed by atoms with Gasteiger partial charge < -0.3 is 20.1 Å². The number of ether oxygens (including phenoxy) is 2. The molecular formula is C22H26N2O4. The molecule has 0 bridgehead atoms. The smallest absolute Gasteiger partial charge is 0.244 e. The molecule has 0 unspecified atom stereocenters. The number of hydrogen-bond donors (Lipinski definition) is 2. The third kappa shape index (κ3) is 5.61. The fraction of sp³-hybridized carbons (Fsp3) is 0.273. The number of methoxy groups -OCH3 is 2. The average Bonchev–Trinajstić information content (AvgIpc) is 2.67. The van der Waals surface area contributed by atoms with E-state index in [1.165, 1.54) is 6.08 Å². The summed E-state index contributed by atoms with van der Waals surface area (Å²) in [5.74, 6) is 0.616. The van der Waals surface area contributed by atoms with Gasteiger partial charge in [-0.05, 0) is 56.2 Å². The maximum Gasteiger partial charge on any atom is 0.244 e. The van der Waals surface area contributed by atoms with Gasteiger partial charge in [-0.15, -0.1) is 0 Å². The molecule has 0 aliphatic carbocycles. The van der Waals surface area contributed by atoms with E-state index < -0.39 is 0 Å². The zero-order chi connectivity index (χ0) is 20.7. The van der Waals surface area contributed by atoms with E-state index in [2.05, 4.69) is 10.6 Å². The van der Waals surface area contributed by atoms with Crippen molar-refractivity contribution in [2.75, 3.05) is 26.1 Å². The Labute approximate surface area is 165 Å². The van der Waals surface area contributed by atoms with Crippen molar-refractivity contribution >= 4 is 23.6 Å². The number of amides is 2. The van der Waals surface area contributed by atoms with Gasteiger partial charge in [-0.3, -0.25) is 9.59 Å². The highest BCUT2D eigenvalue weighted by atomic mass is 16.5. The summed E-state index contributed by atoms with van der Waals surface area (Å²) in [6, 6.07) is 9.31. The summed E-state index contributed by atoms with van der Waals surface area (Å²) in [5, 5.41) is 5.43. The van der Waals surface area contributed by atoms with Crippen LogP contribution in [0.4, 0.5) is 5.69 Å². The van der Waals surface area contributed by atoms with Crippen molar-refractivity contribution in [3.8, 4) is 11.5 Å². The standard InChI is InChI=1S/C22H26N2O4/c1-14-10-15(2)22(16(3)11-14)24-21(26)13-23-20(25)9-6-17-12-18(27-4)7-8-19(17)28-5/h6-12H,13H2,1-5H3,(H,23,25)(H,24,26). The number of carbonyl (C=O) groups is 2. The van der Waals surface area contributed by atoms with Crippen LogP contribution >= 0.6 is 0 Å². The van der Waals surface area contributed by atoms with Crippen molar-refractivity contribution in [3.63, 3.8) is 0 Å². The van der Waals surface area contributed by atoms with E-state index in [1.807, 2.05) is 32.9 Å². The third-order valence-corrected chi connectivity index (χ3v) is 4.22. The molecule has 0 fully saturated rings. The van der Waals surface area contributed by atoms with E-state index in [1.54, 1.807) is 38.5 Å². The highest BCUT2D eigenvalue weighted by Crippen LogP contribution is 2.25. The lowest BCUT2D eigenvalue weighted by atomic mass is 10.1. The molecule has 6 heteroatoms. The van der Waals surface area contributed by atoms with E-state index in [0.29, 0.717) is 17.1 Å². The minimum atomic E-state index is -0.377. The van der Waals surface area contributed by atoms with Crippen LogP contribution in [-0.4, -0.2) is 32.6 Å². The van der Waals surface area contributed by atoms with Gasteiger partial charge in [-0.2, -0.15) is 0 Å². The molecular weight excluding hydrogens is 356 g/mol. The van der Waals surface area contributed by atoms with Crippen LogP contribution in [0.3, 0.4) is 0 Å². The Balaban J connectivity index is 1.96. The van der Waals surface area contributed by atoms with Crippen molar-refractivity contribution in [2.45, 2.75) is 20.8 Å². The van der Waals surface area contributed by atoms with Gasteiger partial charge in [-0.1, -0.05) is 17.7 Å². The molecule has 0 aliphatic rings. The molecule has 2 amide bonds. The van der Waals surface area contributed by atoms with E-state index in [-0.39, 0.29) is 18.4 Å². The normalized spacial score (nSPS) is 10.6. The van der Waals surface area contributed by atoms with Crippen LogP contribution in [-0.2, 0) is 9.59 Å². The quantitative estimate of drug-likeness (QED) is 0.720. The fourth-order valence-electron chi connectivity index (χ4n) is 2.92. The first-order valence-electron chi connectivity index (χ1n) is 8.89. The molecule has 2 aromatic carbocycles. The number of carbonyl (C=O) groups excluding carboxylic acids is 2. The predicted molar refractivity (Wildman–Crippen MR) is 111 cm³/mol. The van der Waals surface area contributed by atoms with Crippen LogP contribution in [0.25, 0.3) is 6.08 Å². The van der Waals surface area contributed by atoms with Gasteiger partial charge in [0.15, 0.2) is 0 Å². The molecule has 0 aromatic heterocycles. The molecule has 28 heavy (non-hydrogen) atoms. The highest BCUT2D eigenvalue weighted by Gasteiger charge is 2.09. The van der Waals surface area contributed by atoms with Gasteiger partial charge in [0.1, 0.15) is 11.5 Å². The summed E-state index contributed by atoms with van der Waals surface area (Å²) in [6.45, 7) is 5.78. The molecule has 0 saturated carbocycles. The first-order valence-corrected chi connectivity index (χ1v) is 8.89. The summed E-state index contributed by atoms with van der Waals surface area (Å²) in [7, 11) is 3.12. The first kappa shape index (κ1) is 21.0. The Bertz CT molecular complexity index is 880. The van der Waals surface area contributed by atoms with Crippen molar-refractivity contribution in [3.05, 3.63) is 58.7 Å². The van der Waals surface area contributed by atoms with E-state index in [9.17, 15) is 9.59 Å². The molecule has 6 nitrogen and oxygen atoms in total. The van der Waals surface area contributed by atoms with Gasteiger partial charge in [0.2, 0.25) is 11.8 Å². The van der Waals surface area contributed by atoms with Crippen LogP contribution in [0.15, 0.2) is 36.4 Å². The van der Waals surface area contributed by atoms with Gasteiger partial charge in [0.05, 0.1) is 20.8 Å². The zero-order valence-electron chi connectivity index (χ0n) is 16.9. The minimum Gasteiger partial charge on any atom is -0.497 e. The molecule has 2 rings (SSSR count). The molecule has 0 saturated heterocycles. The van der Waals surface area contributed by atoms with Crippen LogP contribution in [0.5, 0.6) is 11.5 Å². The van der Waals surface area contributed by atoms with Gasteiger partial charge >= 0.3 is 0 Å². The number of aryl methyl sites for hydroxylation is 3. The molecule has 0 radical (unpaired) electrons. The Morgan fingerprint density at radius 1 is 1.00 bits per heavy atom. The lowest BCUT2D eigenvalue weighted by Crippen LogP contribution is -2.32. The third-order valence-electron chi connectivity index (χ3n) is 4.22. The van der Waals surface area contributed by atoms with E-state index in [0.717, 1.165) is 22.4 Å². The number of nitrogens with one attached hydrogen (secondary N) is 2. The molecule has 0 aliphatic heterocycles. The van der Waals surface area contributed by atoms with Crippen LogP contribution in [0.2, 0.25) is 0 Å². The Morgan fingerprint density at radius 2 is 1.68 bits per heavy atom. The monoisotopic (exact) mass is 382 g/mol. The maximum absolute atomic E-state index is 12.2. The zero-order valence-corrected chi connectivity index (χ0v) is 16.9. The number of hydrogen-bond acceptors (Lipinski definition) is 4. The fourth-order valence-corrected chi connectivity index (χ4v) is 2.92. The average molecular weight is 382 g/mol. The number of anilines is 1. The first-order chi connectivity index (χ1) is 13.3. The number of benzene rings is 2. The van der Waals surface area contributed by atoms with E-state index >= 15 is 0 Å². The second-order valence-corrected chi connectivity index (χ2v) is 6.48. The summed E-state index contributed by atoms with van der Waals surface area (Å²) < 4.78 is 10.5. The summed E-state index contributed by atoms with van der Waals surface area (Å²) in [6.07, 6.45) is 2.97. The number of rotatable bonds is 7. The summed E-state index contributed by atoms with van der Waals surface area (Å²) >= 11 is 0.